The van der Waals surface area contributed by atoms with Gasteiger partial charge in [-0.2, -0.15) is 5.10 Å². The molecule has 84 valence electrons. The molecular weight excluding hydrogens is 212 g/mol. The molecule has 1 unspecified atom stereocenters. The fourth-order valence-corrected chi connectivity index (χ4v) is 1.37. The summed E-state index contributed by atoms with van der Waals surface area (Å²) in [4.78, 5) is 0. The summed E-state index contributed by atoms with van der Waals surface area (Å²) in [5.41, 5.74) is 1.07. The van der Waals surface area contributed by atoms with Crippen molar-refractivity contribution in [3.8, 4) is 0 Å². The molecule has 0 bridgehead atoms. The zero-order valence-corrected chi connectivity index (χ0v) is 9.73. The maximum Gasteiger partial charge on any atom is 0.166 e. The molecule has 0 radical (unpaired) electrons. The zero-order chi connectivity index (χ0) is 11.1. The van der Waals surface area contributed by atoms with E-state index in [0.717, 1.165) is 5.56 Å². The van der Waals surface area contributed by atoms with E-state index in [1.165, 1.54) is 0 Å². The van der Waals surface area contributed by atoms with Gasteiger partial charge in [-0.3, -0.25) is 5.10 Å². The van der Waals surface area contributed by atoms with Crippen LogP contribution in [-0.2, 0) is 4.74 Å². The molecular formula is C9H16N4OS. The topological polar surface area (TPSA) is 62.0 Å². The van der Waals surface area contributed by atoms with Crippen molar-refractivity contribution in [1.29, 1.82) is 0 Å². The first kappa shape index (κ1) is 11.9. The summed E-state index contributed by atoms with van der Waals surface area (Å²) in [7, 11) is 1.66. The van der Waals surface area contributed by atoms with Gasteiger partial charge < -0.3 is 15.4 Å². The monoisotopic (exact) mass is 228 g/mol. The second kappa shape index (κ2) is 6.36. The number of ether oxygens (including phenoxy) is 1. The molecule has 0 aliphatic carbocycles. The SMILES string of the molecule is COCCNC(=S)NC(C)c1cn[nH]c1. The van der Waals surface area contributed by atoms with E-state index in [1.54, 1.807) is 13.3 Å². The number of thiocarbonyl (C=S) groups is 1. The van der Waals surface area contributed by atoms with E-state index in [9.17, 15) is 0 Å². The highest BCUT2D eigenvalue weighted by atomic mass is 32.1. The lowest BCUT2D eigenvalue weighted by Crippen LogP contribution is -2.38. The van der Waals surface area contributed by atoms with Crippen molar-refractivity contribution in [2.45, 2.75) is 13.0 Å². The number of nitrogens with one attached hydrogen (secondary N) is 3. The molecule has 5 nitrogen and oxygen atoms in total. The van der Waals surface area contributed by atoms with Gasteiger partial charge in [-0.05, 0) is 19.1 Å². The van der Waals surface area contributed by atoms with E-state index in [4.69, 9.17) is 17.0 Å². The third-order valence-electron chi connectivity index (χ3n) is 1.96. The van der Waals surface area contributed by atoms with Gasteiger partial charge in [-0.25, -0.2) is 0 Å². The first-order chi connectivity index (χ1) is 7.24. The van der Waals surface area contributed by atoms with Crippen molar-refractivity contribution >= 4 is 17.3 Å². The normalized spacial score (nSPS) is 12.1. The molecule has 1 heterocycles. The summed E-state index contributed by atoms with van der Waals surface area (Å²) in [6.45, 7) is 3.37. The largest absolute Gasteiger partial charge is 0.383 e. The van der Waals surface area contributed by atoms with Crippen LogP contribution in [0.1, 0.15) is 18.5 Å². The summed E-state index contributed by atoms with van der Waals surface area (Å²) in [6.07, 6.45) is 3.62. The minimum Gasteiger partial charge on any atom is -0.383 e. The minimum absolute atomic E-state index is 0.145. The Labute approximate surface area is 94.6 Å². The number of hydrogen-bond acceptors (Lipinski definition) is 3. The van der Waals surface area contributed by atoms with Crippen LogP contribution in [0, 0.1) is 0 Å². The number of hydrogen-bond donors (Lipinski definition) is 3. The molecule has 0 aliphatic heterocycles. The Bertz CT molecular complexity index is 288. The molecule has 0 spiro atoms. The quantitative estimate of drug-likeness (QED) is 0.508. The first-order valence-corrected chi connectivity index (χ1v) is 5.17. The standard InChI is InChI=1S/C9H16N4OS/c1-7(8-5-11-12-6-8)13-9(15)10-3-4-14-2/h5-7H,3-4H2,1-2H3,(H,11,12)(H2,10,13,15). The van der Waals surface area contributed by atoms with Gasteiger partial charge in [0.1, 0.15) is 0 Å². The van der Waals surface area contributed by atoms with Gasteiger partial charge in [0, 0.05) is 25.4 Å². The highest BCUT2D eigenvalue weighted by Crippen LogP contribution is 2.08. The van der Waals surface area contributed by atoms with Crippen LogP contribution in [0.3, 0.4) is 0 Å². The van der Waals surface area contributed by atoms with E-state index in [1.807, 2.05) is 13.1 Å². The fraction of sp³-hybridized carbons (Fsp3) is 0.556. The molecule has 1 rings (SSSR count). The summed E-state index contributed by atoms with van der Waals surface area (Å²) in [5.74, 6) is 0. The maximum atomic E-state index is 5.11. The Morgan fingerprint density at radius 3 is 3.13 bits per heavy atom. The molecule has 0 aliphatic rings. The third kappa shape index (κ3) is 4.26. The van der Waals surface area contributed by atoms with Crippen molar-refractivity contribution in [3.63, 3.8) is 0 Å². The lowest BCUT2D eigenvalue weighted by Gasteiger charge is -2.15. The molecule has 15 heavy (non-hydrogen) atoms. The molecule has 0 amide bonds. The van der Waals surface area contributed by atoms with Gasteiger partial charge in [-0.1, -0.05) is 0 Å². The summed E-state index contributed by atoms with van der Waals surface area (Å²) in [5, 5.41) is 13.5. The average Bonchev–Trinajstić information content (AvgIpc) is 2.70. The summed E-state index contributed by atoms with van der Waals surface area (Å²) >= 11 is 5.11. The zero-order valence-electron chi connectivity index (χ0n) is 8.91. The van der Waals surface area contributed by atoms with Crippen LogP contribution in [0.15, 0.2) is 12.4 Å². The Balaban J connectivity index is 2.26. The second-order valence-corrected chi connectivity index (χ2v) is 3.55. The van der Waals surface area contributed by atoms with Crippen LogP contribution in [0.4, 0.5) is 0 Å². The summed E-state index contributed by atoms with van der Waals surface area (Å²) < 4.78 is 4.90. The molecule has 0 aromatic carbocycles. The number of aromatic amines is 1. The number of aromatic nitrogens is 2. The molecule has 1 aromatic rings. The van der Waals surface area contributed by atoms with E-state index in [2.05, 4.69) is 20.8 Å². The van der Waals surface area contributed by atoms with Crippen LogP contribution in [0.5, 0.6) is 0 Å². The number of methoxy groups -OCH3 is 1. The van der Waals surface area contributed by atoms with Crippen molar-refractivity contribution < 1.29 is 4.74 Å². The lowest BCUT2D eigenvalue weighted by atomic mass is 10.2. The van der Waals surface area contributed by atoms with Crippen LogP contribution in [-0.4, -0.2) is 35.6 Å². The predicted octanol–water partition coefficient (Wildman–Crippen LogP) is 0.581. The fourth-order valence-electron chi connectivity index (χ4n) is 1.10. The van der Waals surface area contributed by atoms with Crippen molar-refractivity contribution in [3.05, 3.63) is 18.0 Å². The Kier molecular flexibility index (Phi) is 5.06. The molecule has 0 fully saturated rings. The van der Waals surface area contributed by atoms with Gasteiger partial charge in [0.25, 0.3) is 0 Å². The maximum absolute atomic E-state index is 5.11. The van der Waals surface area contributed by atoms with E-state index in [-0.39, 0.29) is 6.04 Å². The van der Waals surface area contributed by atoms with Gasteiger partial charge in [0.2, 0.25) is 0 Å². The number of rotatable bonds is 5. The average molecular weight is 228 g/mol. The Morgan fingerprint density at radius 2 is 2.53 bits per heavy atom. The lowest BCUT2D eigenvalue weighted by molar-refractivity contribution is 0.204. The van der Waals surface area contributed by atoms with Gasteiger partial charge >= 0.3 is 0 Å². The highest BCUT2D eigenvalue weighted by Gasteiger charge is 2.06. The van der Waals surface area contributed by atoms with Gasteiger partial charge in [0.15, 0.2) is 5.11 Å². The van der Waals surface area contributed by atoms with Crippen molar-refractivity contribution in [1.82, 2.24) is 20.8 Å². The smallest absolute Gasteiger partial charge is 0.166 e. The third-order valence-corrected chi connectivity index (χ3v) is 2.22. The molecule has 0 saturated heterocycles. The van der Waals surface area contributed by atoms with Crippen LogP contribution in [0.25, 0.3) is 0 Å². The first-order valence-electron chi connectivity index (χ1n) is 4.76. The second-order valence-electron chi connectivity index (χ2n) is 3.15. The minimum atomic E-state index is 0.145. The molecule has 0 saturated carbocycles. The predicted molar refractivity (Wildman–Crippen MR) is 62.6 cm³/mol. The van der Waals surface area contributed by atoms with Crippen LogP contribution >= 0.6 is 12.2 Å². The molecule has 3 N–H and O–H groups in total. The number of H-pyrrole nitrogens is 1. The van der Waals surface area contributed by atoms with E-state index >= 15 is 0 Å². The van der Waals surface area contributed by atoms with Crippen molar-refractivity contribution in [2.75, 3.05) is 20.3 Å². The molecule has 1 aromatic heterocycles. The van der Waals surface area contributed by atoms with Gasteiger partial charge in [0.05, 0.1) is 18.8 Å². The van der Waals surface area contributed by atoms with E-state index in [0.29, 0.717) is 18.3 Å². The van der Waals surface area contributed by atoms with Crippen LogP contribution in [0.2, 0.25) is 0 Å². The highest BCUT2D eigenvalue weighted by molar-refractivity contribution is 7.80. The molecule has 6 heteroatoms. The van der Waals surface area contributed by atoms with Gasteiger partial charge in [-0.15, -0.1) is 0 Å². The van der Waals surface area contributed by atoms with E-state index < -0.39 is 0 Å². The number of nitrogens with zero attached hydrogens (tertiary/aromatic N) is 1. The Hall–Kier alpha value is -1.14. The Morgan fingerprint density at radius 1 is 1.73 bits per heavy atom. The van der Waals surface area contributed by atoms with Crippen LogP contribution < -0.4 is 10.6 Å². The summed E-state index contributed by atoms with van der Waals surface area (Å²) in [6, 6.07) is 0.145. The van der Waals surface area contributed by atoms with Crippen molar-refractivity contribution in [2.24, 2.45) is 0 Å². The molecule has 1 atom stereocenters.